The summed E-state index contributed by atoms with van der Waals surface area (Å²) in [5.41, 5.74) is 9.54. The van der Waals surface area contributed by atoms with Gasteiger partial charge < -0.3 is 10.6 Å². The van der Waals surface area contributed by atoms with E-state index in [9.17, 15) is 0 Å². The van der Waals surface area contributed by atoms with Crippen LogP contribution in [0, 0.1) is 44.9 Å². The van der Waals surface area contributed by atoms with E-state index in [0.29, 0.717) is 11.8 Å². The first-order chi connectivity index (χ1) is 13.8. The van der Waals surface area contributed by atoms with Gasteiger partial charge >= 0.3 is 0 Å². The fourth-order valence-electron chi connectivity index (χ4n) is 5.57. The molecule has 0 aromatic heterocycles. The van der Waals surface area contributed by atoms with Crippen molar-refractivity contribution in [2.24, 2.45) is 17.3 Å². The van der Waals surface area contributed by atoms with Gasteiger partial charge in [0.1, 0.15) is 0 Å². The number of allylic oxidation sites excluding steroid dienone is 1. The third-order valence-corrected chi connectivity index (χ3v) is 7.76. The Hall–Kier alpha value is -1.54. The van der Waals surface area contributed by atoms with Crippen LogP contribution in [0.1, 0.15) is 88.6 Å². The Balaban J connectivity index is 2.27. The van der Waals surface area contributed by atoms with Crippen molar-refractivity contribution >= 4 is 5.70 Å². The van der Waals surface area contributed by atoms with Crippen LogP contribution in [0.5, 0.6) is 0 Å². The summed E-state index contributed by atoms with van der Waals surface area (Å²) in [6.07, 6.45) is 5.82. The maximum absolute atomic E-state index is 4.39. The van der Waals surface area contributed by atoms with Crippen molar-refractivity contribution in [2.75, 3.05) is 6.54 Å². The first kappa shape index (κ1) is 24.7. The van der Waals surface area contributed by atoms with Gasteiger partial charge in [0.25, 0.3) is 0 Å². The van der Waals surface area contributed by atoms with Crippen LogP contribution in [0.3, 0.4) is 0 Å². The van der Waals surface area contributed by atoms with E-state index in [1.807, 2.05) is 0 Å². The van der Waals surface area contributed by atoms with Crippen molar-refractivity contribution in [2.45, 2.75) is 94.0 Å². The SMILES string of the molecule is C=C(N/C=C(/C)C1CC(C)(CC(C)C)NCC1(C)CC)c1c(C)cc(C)c(C)c1C. The zero-order chi connectivity index (χ0) is 22.9. The van der Waals surface area contributed by atoms with Gasteiger partial charge in [-0.2, -0.15) is 0 Å². The summed E-state index contributed by atoms with van der Waals surface area (Å²) >= 11 is 0. The number of hydrogen-bond acceptors (Lipinski definition) is 2. The summed E-state index contributed by atoms with van der Waals surface area (Å²) < 4.78 is 0. The van der Waals surface area contributed by atoms with Crippen LogP contribution in [0.2, 0.25) is 0 Å². The molecule has 0 spiro atoms. The van der Waals surface area contributed by atoms with Crippen molar-refractivity contribution in [3.63, 3.8) is 0 Å². The Morgan fingerprint density at radius 2 is 1.83 bits per heavy atom. The Morgan fingerprint density at radius 3 is 2.40 bits per heavy atom. The lowest BCUT2D eigenvalue weighted by molar-refractivity contribution is 0.0728. The molecule has 2 N–H and O–H groups in total. The number of aryl methyl sites for hydroxylation is 2. The summed E-state index contributed by atoms with van der Waals surface area (Å²) in [4.78, 5) is 0. The molecule has 0 aliphatic carbocycles. The van der Waals surface area contributed by atoms with Crippen LogP contribution in [-0.2, 0) is 0 Å². The molecule has 3 unspecified atom stereocenters. The number of hydrogen-bond donors (Lipinski definition) is 2. The van der Waals surface area contributed by atoms with E-state index in [1.165, 1.54) is 52.7 Å². The lowest BCUT2D eigenvalue weighted by atomic mass is 9.63. The summed E-state index contributed by atoms with van der Waals surface area (Å²) in [6, 6.07) is 2.28. The number of nitrogens with one attached hydrogen (secondary N) is 2. The van der Waals surface area contributed by atoms with E-state index in [2.05, 4.69) is 98.7 Å². The highest BCUT2D eigenvalue weighted by Gasteiger charge is 2.44. The summed E-state index contributed by atoms with van der Waals surface area (Å²) in [5.74, 6) is 1.27. The lowest BCUT2D eigenvalue weighted by Crippen LogP contribution is -2.57. The van der Waals surface area contributed by atoms with E-state index in [-0.39, 0.29) is 11.0 Å². The van der Waals surface area contributed by atoms with Gasteiger partial charge in [-0.05, 0) is 100 Å². The number of rotatable bonds is 7. The Kier molecular flexibility index (Phi) is 7.67. The average Bonchev–Trinajstić information content (AvgIpc) is 2.66. The van der Waals surface area contributed by atoms with Crippen LogP contribution >= 0.6 is 0 Å². The van der Waals surface area contributed by atoms with Crippen LogP contribution in [0.15, 0.2) is 24.4 Å². The van der Waals surface area contributed by atoms with E-state index < -0.39 is 0 Å². The minimum Gasteiger partial charge on any atom is -0.362 e. The van der Waals surface area contributed by atoms with E-state index in [1.54, 1.807) is 0 Å². The molecule has 0 radical (unpaired) electrons. The first-order valence-electron chi connectivity index (χ1n) is 11.8. The second kappa shape index (κ2) is 9.30. The molecule has 1 heterocycles. The molecule has 2 rings (SSSR count). The Bertz CT molecular complexity index is 816. The highest BCUT2D eigenvalue weighted by Crippen LogP contribution is 2.45. The predicted octanol–water partition coefficient (Wildman–Crippen LogP) is 7.21. The molecule has 1 aliphatic heterocycles. The third kappa shape index (κ3) is 5.19. The molecule has 2 heteroatoms. The van der Waals surface area contributed by atoms with Crippen molar-refractivity contribution in [3.05, 3.63) is 52.2 Å². The van der Waals surface area contributed by atoms with Crippen LogP contribution in [0.25, 0.3) is 5.70 Å². The van der Waals surface area contributed by atoms with Gasteiger partial charge in [0, 0.05) is 29.5 Å². The highest BCUT2D eigenvalue weighted by atomic mass is 15.0. The minimum atomic E-state index is 0.209. The molecule has 1 aliphatic rings. The van der Waals surface area contributed by atoms with Crippen LogP contribution in [-0.4, -0.2) is 12.1 Å². The maximum Gasteiger partial charge on any atom is 0.0385 e. The Labute approximate surface area is 186 Å². The molecule has 0 amide bonds. The molecule has 1 fully saturated rings. The third-order valence-electron chi connectivity index (χ3n) is 7.76. The summed E-state index contributed by atoms with van der Waals surface area (Å²) in [5, 5.41) is 7.48. The molecular weight excluding hydrogens is 364 g/mol. The van der Waals surface area contributed by atoms with Gasteiger partial charge in [0.15, 0.2) is 0 Å². The monoisotopic (exact) mass is 410 g/mol. The highest BCUT2D eigenvalue weighted by molar-refractivity contribution is 5.70. The van der Waals surface area contributed by atoms with Gasteiger partial charge in [0.2, 0.25) is 0 Å². The standard InChI is InChI=1S/C28H46N2/c1-12-27(10)17-30-28(11,14-18(2)3)15-25(27)21(6)16-29-24(9)26-20(5)13-19(4)22(7)23(26)8/h13,16,18,25,29-30H,9,12,14-15,17H2,1-8,10-11H3/b21-16-. The molecule has 168 valence electrons. The van der Waals surface area contributed by atoms with Gasteiger partial charge in [-0.1, -0.05) is 45.9 Å². The first-order valence-corrected chi connectivity index (χ1v) is 11.8. The molecule has 0 saturated carbocycles. The predicted molar refractivity (Wildman–Crippen MR) is 134 cm³/mol. The zero-order valence-corrected chi connectivity index (χ0v) is 21.3. The molecule has 0 bridgehead atoms. The van der Waals surface area contributed by atoms with Crippen LogP contribution < -0.4 is 10.6 Å². The number of benzene rings is 1. The second-order valence-corrected chi connectivity index (χ2v) is 10.9. The molecule has 2 nitrogen and oxygen atoms in total. The fraction of sp³-hybridized carbons (Fsp3) is 0.643. The number of piperidine rings is 1. The topological polar surface area (TPSA) is 24.1 Å². The normalized spacial score (nSPS) is 27.4. The molecule has 3 atom stereocenters. The Morgan fingerprint density at radius 1 is 1.20 bits per heavy atom. The maximum atomic E-state index is 4.39. The molecular formula is C28H46N2. The minimum absolute atomic E-state index is 0.209. The van der Waals surface area contributed by atoms with Gasteiger partial charge in [0.05, 0.1) is 0 Å². The smallest absolute Gasteiger partial charge is 0.0385 e. The quantitative estimate of drug-likeness (QED) is 0.496. The van der Waals surface area contributed by atoms with E-state index in [4.69, 9.17) is 0 Å². The summed E-state index contributed by atoms with van der Waals surface area (Å²) in [7, 11) is 0. The van der Waals surface area contributed by atoms with E-state index >= 15 is 0 Å². The molecule has 1 saturated heterocycles. The van der Waals surface area contributed by atoms with Gasteiger partial charge in [-0.3, -0.25) is 0 Å². The van der Waals surface area contributed by atoms with Crippen molar-refractivity contribution < 1.29 is 0 Å². The van der Waals surface area contributed by atoms with Crippen molar-refractivity contribution in [3.8, 4) is 0 Å². The fourth-order valence-corrected chi connectivity index (χ4v) is 5.57. The second-order valence-electron chi connectivity index (χ2n) is 10.9. The van der Waals surface area contributed by atoms with Crippen LogP contribution in [0.4, 0.5) is 0 Å². The molecule has 1 aromatic carbocycles. The lowest BCUT2D eigenvalue weighted by Gasteiger charge is -2.51. The largest absolute Gasteiger partial charge is 0.362 e. The zero-order valence-electron chi connectivity index (χ0n) is 21.3. The van der Waals surface area contributed by atoms with Gasteiger partial charge in [-0.15, -0.1) is 0 Å². The van der Waals surface area contributed by atoms with Crippen molar-refractivity contribution in [1.82, 2.24) is 10.6 Å². The summed E-state index contributed by atoms with van der Waals surface area (Å²) in [6.45, 7) is 28.4. The van der Waals surface area contributed by atoms with E-state index in [0.717, 1.165) is 12.2 Å². The average molecular weight is 411 g/mol. The van der Waals surface area contributed by atoms with Crippen molar-refractivity contribution in [1.29, 1.82) is 0 Å². The molecule has 1 aromatic rings. The van der Waals surface area contributed by atoms with Gasteiger partial charge in [-0.25, -0.2) is 0 Å². The molecule has 30 heavy (non-hydrogen) atoms.